The van der Waals surface area contributed by atoms with Crippen molar-refractivity contribution in [1.29, 1.82) is 0 Å². The van der Waals surface area contributed by atoms with Crippen LogP contribution in [0.3, 0.4) is 0 Å². The number of aliphatic carboxylic acids is 3. The van der Waals surface area contributed by atoms with Gasteiger partial charge in [-0.1, -0.05) is 0 Å². The van der Waals surface area contributed by atoms with Crippen LogP contribution in [0.5, 0.6) is 0 Å². The SMILES string of the molecule is CC(=O)O.CC(=O)O.CC(=O)O.OCC(CO)(CO)CO.OCC(CO)(CO)CO. The van der Waals surface area contributed by atoms with Crippen LogP contribution in [0.4, 0.5) is 0 Å². The quantitative estimate of drug-likeness (QED) is 0.168. The average Bonchev–Trinajstić information content (AvgIpc) is 2.66. The zero-order valence-corrected chi connectivity index (χ0v) is 17.3. The van der Waals surface area contributed by atoms with E-state index >= 15 is 0 Å². The van der Waals surface area contributed by atoms with Gasteiger partial charge >= 0.3 is 0 Å². The third-order valence-corrected chi connectivity index (χ3v) is 2.68. The van der Waals surface area contributed by atoms with Gasteiger partial charge in [-0.3, -0.25) is 14.4 Å². The number of carboxylic acids is 3. The van der Waals surface area contributed by atoms with Crippen LogP contribution < -0.4 is 0 Å². The number of carboxylic acid groups (broad SMARTS) is 3. The molecular formula is C16H36O14. The number of aliphatic hydroxyl groups is 8. The zero-order valence-electron chi connectivity index (χ0n) is 17.3. The maximum Gasteiger partial charge on any atom is 0.300 e. The molecule has 0 aromatic carbocycles. The Labute approximate surface area is 173 Å². The van der Waals surface area contributed by atoms with Gasteiger partial charge in [-0.05, 0) is 0 Å². The lowest BCUT2D eigenvalue weighted by molar-refractivity contribution is -0.135. The molecule has 11 N–H and O–H groups in total. The molecule has 0 bridgehead atoms. The van der Waals surface area contributed by atoms with Crippen molar-refractivity contribution in [1.82, 2.24) is 0 Å². The molecule has 0 saturated heterocycles. The summed E-state index contributed by atoms with van der Waals surface area (Å²) in [5, 5.41) is 90.2. The summed E-state index contributed by atoms with van der Waals surface area (Å²) >= 11 is 0. The van der Waals surface area contributed by atoms with Crippen molar-refractivity contribution in [3.63, 3.8) is 0 Å². The van der Waals surface area contributed by atoms with Gasteiger partial charge in [0.15, 0.2) is 0 Å². The second kappa shape index (κ2) is 25.1. The molecule has 0 aromatic rings. The first-order valence-electron chi connectivity index (χ1n) is 8.14. The van der Waals surface area contributed by atoms with E-state index < -0.39 is 81.6 Å². The fraction of sp³-hybridized carbons (Fsp3) is 0.812. The van der Waals surface area contributed by atoms with E-state index in [2.05, 4.69) is 0 Å². The molecule has 0 amide bonds. The molecule has 0 heterocycles. The van der Waals surface area contributed by atoms with Crippen molar-refractivity contribution in [2.75, 3.05) is 52.9 Å². The van der Waals surface area contributed by atoms with Crippen LogP contribution in [0.15, 0.2) is 0 Å². The molecule has 30 heavy (non-hydrogen) atoms. The standard InChI is InChI=1S/2C5H12O4.3C2H4O2/c2*6-1-5(2-7,3-8)4-9;3*1-2(3)4/h2*6-9H,1-4H2;3*1H3,(H,3,4). The average molecular weight is 452 g/mol. The van der Waals surface area contributed by atoms with Crippen molar-refractivity contribution in [2.45, 2.75) is 20.8 Å². The predicted octanol–water partition coefficient (Wildman–Crippen LogP) is -3.84. The van der Waals surface area contributed by atoms with Gasteiger partial charge in [0, 0.05) is 20.8 Å². The molecule has 0 rings (SSSR count). The fourth-order valence-electron chi connectivity index (χ4n) is 0.600. The van der Waals surface area contributed by atoms with E-state index in [1.165, 1.54) is 0 Å². The summed E-state index contributed by atoms with van der Waals surface area (Å²) in [6.45, 7) is 0. The van der Waals surface area contributed by atoms with Crippen molar-refractivity contribution >= 4 is 17.9 Å². The molecule has 0 unspecified atom stereocenters. The molecule has 14 nitrogen and oxygen atoms in total. The molecule has 0 fully saturated rings. The zero-order chi connectivity index (χ0) is 25.4. The van der Waals surface area contributed by atoms with Gasteiger partial charge in [0.2, 0.25) is 0 Å². The molecule has 0 aromatic heterocycles. The topological polar surface area (TPSA) is 274 Å². The number of rotatable bonds is 8. The van der Waals surface area contributed by atoms with Gasteiger partial charge in [-0.2, -0.15) is 0 Å². The largest absolute Gasteiger partial charge is 0.481 e. The van der Waals surface area contributed by atoms with Gasteiger partial charge in [0.05, 0.1) is 63.7 Å². The normalized spacial score (nSPS) is 9.70. The summed E-state index contributed by atoms with van der Waals surface area (Å²) in [6.07, 6.45) is 0. The highest BCUT2D eigenvalue weighted by atomic mass is 16.4. The molecule has 0 saturated carbocycles. The molecule has 0 atom stereocenters. The van der Waals surface area contributed by atoms with Crippen molar-refractivity contribution in [2.24, 2.45) is 10.8 Å². The lowest BCUT2D eigenvalue weighted by Gasteiger charge is -2.23. The summed E-state index contributed by atoms with van der Waals surface area (Å²) in [5.74, 6) is -2.50. The minimum absolute atomic E-state index is 0.406. The van der Waals surface area contributed by atoms with Crippen molar-refractivity contribution in [3.05, 3.63) is 0 Å². The van der Waals surface area contributed by atoms with E-state index in [9.17, 15) is 0 Å². The summed E-state index contributed by atoms with van der Waals surface area (Å²) in [6, 6.07) is 0. The van der Waals surface area contributed by atoms with E-state index in [1.807, 2.05) is 0 Å². The van der Waals surface area contributed by atoms with Crippen molar-refractivity contribution < 1.29 is 70.6 Å². The Morgan fingerprint density at radius 2 is 0.500 bits per heavy atom. The first-order valence-corrected chi connectivity index (χ1v) is 8.14. The first-order chi connectivity index (χ1) is 13.7. The molecule has 184 valence electrons. The van der Waals surface area contributed by atoms with Crippen LogP contribution in [-0.4, -0.2) is 127 Å². The highest BCUT2D eigenvalue weighted by Crippen LogP contribution is 2.12. The molecule has 0 radical (unpaired) electrons. The summed E-state index contributed by atoms with van der Waals surface area (Å²) in [4.78, 5) is 27.0. The Bertz CT molecular complexity index is 309. The number of hydrogen-bond donors (Lipinski definition) is 11. The Morgan fingerprint density at radius 1 is 0.433 bits per heavy atom. The lowest BCUT2D eigenvalue weighted by atomic mass is 9.93. The third kappa shape index (κ3) is 33.7. The fourth-order valence-corrected chi connectivity index (χ4v) is 0.600. The molecule has 14 heteroatoms. The van der Waals surface area contributed by atoms with Crippen LogP contribution in [0.25, 0.3) is 0 Å². The van der Waals surface area contributed by atoms with Gasteiger partial charge in [-0.15, -0.1) is 0 Å². The maximum atomic E-state index is 9.00. The van der Waals surface area contributed by atoms with Crippen LogP contribution in [0, 0.1) is 10.8 Å². The Morgan fingerprint density at radius 3 is 0.500 bits per heavy atom. The second-order valence-electron chi connectivity index (χ2n) is 5.82. The highest BCUT2D eigenvalue weighted by Gasteiger charge is 2.27. The van der Waals surface area contributed by atoms with Crippen LogP contribution in [-0.2, 0) is 14.4 Å². The van der Waals surface area contributed by atoms with Crippen LogP contribution >= 0.6 is 0 Å². The van der Waals surface area contributed by atoms with E-state index in [-0.39, 0.29) is 0 Å². The Hall–Kier alpha value is -1.91. The number of carbonyl (C=O) groups is 3. The minimum atomic E-state index is -1.11. The minimum Gasteiger partial charge on any atom is -0.481 e. The highest BCUT2D eigenvalue weighted by molar-refractivity contribution is 5.63. The first kappa shape index (κ1) is 38.7. The molecular weight excluding hydrogens is 416 g/mol. The lowest BCUT2D eigenvalue weighted by Crippen LogP contribution is -2.37. The number of hydrogen-bond acceptors (Lipinski definition) is 11. The van der Waals surface area contributed by atoms with E-state index in [0.29, 0.717) is 0 Å². The number of aliphatic hydroxyl groups excluding tert-OH is 8. The molecule has 0 spiro atoms. The van der Waals surface area contributed by atoms with Crippen molar-refractivity contribution in [3.8, 4) is 0 Å². The van der Waals surface area contributed by atoms with Gasteiger partial charge in [0.25, 0.3) is 17.9 Å². The Balaban J connectivity index is -0.0000000923. The summed E-state index contributed by atoms with van der Waals surface area (Å²) < 4.78 is 0. The van der Waals surface area contributed by atoms with E-state index in [4.69, 9.17) is 70.6 Å². The van der Waals surface area contributed by atoms with Gasteiger partial charge in [0.1, 0.15) is 0 Å². The van der Waals surface area contributed by atoms with Crippen LogP contribution in [0.2, 0.25) is 0 Å². The third-order valence-electron chi connectivity index (χ3n) is 2.68. The van der Waals surface area contributed by atoms with Gasteiger partial charge < -0.3 is 56.2 Å². The van der Waals surface area contributed by atoms with E-state index in [0.717, 1.165) is 20.8 Å². The van der Waals surface area contributed by atoms with Gasteiger partial charge in [-0.25, -0.2) is 0 Å². The van der Waals surface area contributed by atoms with Crippen LogP contribution in [0.1, 0.15) is 20.8 Å². The monoisotopic (exact) mass is 452 g/mol. The smallest absolute Gasteiger partial charge is 0.300 e. The predicted molar refractivity (Wildman–Crippen MR) is 101 cm³/mol. The second-order valence-corrected chi connectivity index (χ2v) is 5.82. The molecule has 0 aliphatic heterocycles. The van der Waals surface area contributed by atoms with E-state index in [1.54, 1.807) is 0 Å². The maximum absolute atomic E-state index is 9.00. The Kier molecular flexibility index (Phi) is 32.4. The summed E-state index contributed by atoms with van der Waals surface area (Å²) in [5.41, 5.74) is -2.22. The summed E-state index contributed by atoms with van der Waals surface area (Å²) in [7, 11) is 0. The molecule has 0 aliphatic rings. The molecule has 0 aliphatic carbocycles.